The standard InChI is InChI=1S/C16H24N2O3.BrH/c1-17(16(19)20)12-14-7-6-13(10-15(14)21-2)11-18-8-4-3-5-9-18;/h6-7,10H,3-5,8-9,11-12H2,1-2H3,(H,19,20);1H. The molecule has 1 aromatic rings. The number of halogens is 1. The Labute approximate surface area is 142 Å². The van der Waals surface area contributed by atoms with Crippen molar-refractivity contribution in [3.05, 3.63) is 29.3 Å². The van der Waals surface area contributed by atoms with Crippen LogP contribution in [0.15, 0.2) is 18.2 Å². The van der Waals surface area contributed by atoms with Gasteiger partial charge < -0.3 is 14.7 Å². The third kappa shape index (κ3) is 5.18. The van der Waals surface area contributed by atoms with Crippen molar-refractivity contribution in [1.29, 1.82) is 0 Å². The predicted octanol–water partition coefficient (Wildman–Crippen LogP) is 3.37. The zero-order chi connectivity index (χ0) is 15.2. The molecule has 0 aliphatic carbocycles. The Morgan fingerprint density at radius 2 is 2.00 bits per heavy atom. The second-order valence-electron chi connectivity index (χ2n) is 5.62. The van der Waals surface area contributed by atoms with E-state index in [0.29, 0.717) is 6.54 Å². The Hall–Kier alpha value is -1.27. The molecule has 1 amide bonds. The fraction of sp³-hybridized carbons (Fsp3) is 0.562. The van der Waals surface area contributed by atoms with Crippen molar-refractivity contribution in [2.75, 3.05) is 27.2 Å². The normalized spacial score (nSPS) is 15.0. The molecule has 1 fully saturated rings. The molecule has 0 aromatic heterocycles. The maximum atomic E-state index is 10.9. The third-order valence-corrected chi connectivity index (χ3v) is 3.94. The van der Waals surface area contributed by atoms with E-state index in [2.05, 4.69) is 11.0 Å². The number of methoxy groups -OCH3 is 1. The number of hydrogen-bond donors (Lipinski definition) is 1. The van der Waals surface area contributed by atoms with Crippen LogP contribution in [0, 0.1) is 0 Å². The van der Waals surface area contributed by atoms with Crippen molar-refractivity contribution in [1.82, 2.24) is 9.80 Å². The van der Waals surface area contributed by atoms with Crippen LogP contribution in [0.2, 0.25) is 0 Å². The maximum Gasteiger partial charge on any atom is 0.407 e. The quantitative estimate of drug-likeness (QED) is 0.860. The third-order valence-electron chi connectivity index (χ3n) is 3.94. The molecule has 5 nitrogen and oxygen atoms in total. The fourth-order valence-electron chi connectivity index (χ4n) is 2.72. The van der Waals surface area contributed by atoms with E-state index >= 15 is 0 Å². The van der Waals surface area contributed by atoms with Gasteiger partial charge in [-0.1, -0.05) is 18.6 Å². The lowest BCUT2D eigenvalue weighted by molar-refractivity contribution is 0.153. The van der Waals surface area contributed by atoms with Crippen LogP contribution in [0.3, 0.4) is 0 Å². The lowest BCUT2D eigenvalue weighted by Gasteiger charge is -2.26. The van der Waals surface area contributed by atoms with E-state index in [-0.39, 0.29) is 17.0 Å². The molecule has 0 spiro atoms. The molecule has 0 bridgehead atoms. The summed E-state index contributed by atoms with van der Waals surface area (Å²) in [4.78, 5) is 14.6. The van der Waals surface area contributed by atoms with E-state index in [1.807, 2.05) is 12.1 Å². The van der Waals surface area contributed by atoms with Crippen molar-refractivity contribution in [3.63, 3.8) is 0 Å². The van der Waals surface area contributed by atoms with Gasteiger partial charge in [0.25, 0.3) is 0 Å². The number of nitrogens with zero attached hydrogens (tertiary/aromatic N) is 2. The summed E-state index contributed by atoms with van der Waals surface area (Å²) in [5.74, 6) is 0.762. The van der Waals surface area contributed by atoms with Gasteiger partial charge in [0.05, 0.1) is 13.7 Å². The Morgan fingerprint density at radius 1 is 1.32 bits per heavy atom. The minimum absolute atomic E-state index is 0. The molecule has 1 saturated heterocycles. The summed E-state index contributed by atoms with van der Waals surface area (Å²) in [7, 11) is 3.19. The van der Waals surface area contributed by atoms with Crippen LogP contribution >= 0.6 is 17.0 Å². The summed E-state index contributed by atoms with van der Waals surface area (Å²) < 4.78 is 5.42. The molecular weight excluding hydrogens is 348 g/mol. The highest BCUT2D eigenvalue weighted by molar-refractivity contribution is 8.93. The molecule has 1 heterocycles. The number of amides is 1. The molecule has 22 heavy (non-hydrogen) atoms. The van der Waals surface area contributed by atoms with Gasteiger partial charge in [0.2, 0.25) is 0 Å². The monoisotopic (exact) mass is 372 g/mol. The van der Waals surface area contributed by atoms with Crippen LogP contribution < -0.4 is 4.74 Å². The van der Waals surface area contributed by atoms with Crippen molar-refractivity contribution in [3.8, 4) is 5.75 Å². The van der Waals surface area contributed by atoms with Gasteiger partial charge in [0, 0.05) is 19.2 Å². The fourth-order valence-corrected chi connectivity index (χ4v) is 2.72. The summed E-state index contributed by atoms with van der Waals surface area (Å²) in [5.41, 5.74) is 2.11. The van der Waals surface area contributed by atoms with Gasteiger partial charge in [-0.2, -0.15) is 0 Å². The summed E-state index contributed by atoms with van der Waals surface area (Å²) in [6.07, 6.45) is 2.95. The molecule has 1 aliphatic heterocycles. The Kier molecular flexibility index (Phi) is 7.68. The van der Waals surface area contributed by atoms with Crippen molar-refractivity contribution in [2.24, 2.45) is 0 Å². The average molecular weight is 373 g/mol. The average Bonchev–Trinajstić information content (AvgIpc) is 2.49. The largest absolute Gasteiger partial charge is 0.496 e. The molecular formula is C16H25BrN2O3. The van der Waals surface area contributed by atoms with Gasteiger partial charge in [-0.3, -0.25) is 4.90 Å². The Morgan fingerprint density at radius 3 is 2.59 bits per heavy atom. The highest BCUT2D eigenvalue weighted by Crippen LogP contribution is 2.23. The minimum Gasteiger partial charge on any atom is -0.496 e. The van der Waals surface area contributed by atoms with Crippen molar-refractivity contribution >= 4 is 23.1 Å². The first-order valence-corrected chi connectivity index (χ1v) is 7.42. The number of rotatable bonds is 5. The summed E-state index contributed by atoms with van der Waals surface area (Å²) in [6.45, 7) is 3.59. The van der Waals surface area contributed by atoms with Crippen LogP contribution in [-0.4, -0.2) is 48.2 Å². The molecule has 1 N–H and O–H groups in total. The molecule has 124 valence electrons. The first-order chi connectivity index (χ1) is 10.1. The SMILES string of the molecule is Br.COc1cc(CN2CCCCC2)ccc1CN(C)C(=O)O. The summed E-state index contributed by atoms with van der Waals surface area (Å²) in [5, 5.41) is 8.96. The Bertz CT molecular complexity index is 490. The number of ether oxygens (including phenoxy) is 1. The number of benzene rings is 1. The molecule has 0 unspecified atom stereocenters. The summed E-state index contributed by atoms with van der Waals surface area (Å²) >= 11 is 0. The van der Waals surface area contributed by atoms with Crippen molar-refractivity contribution < 1.29 is 14.6 Å². The zero-order valence-electron chi connectivity index (χ0n) is 13.2. The molecule has 2 rings (SSSR count). The highest BCUT2D eigenvalue weighted by atomic mass is 79.9. The first kappa shape index (κ1) is 18.8. The number of carbonyl (C=O) groups is 1. The second kappa shape index (κ2) is 9.00. The van der Waals surface area contributed by atoms with E-state index in [0.717, 1.165) is 30.9 Å². The minimum atomic E-state index is -0.936. The van der Waals surface area contributed by atoms with E-state index in [1.54, 1.807) is 14.2 Å². The molecule has 0 radical (unpaired) electrons. The van der Waals surface area contributed by atoms with Gasteiger partial charge in [0.1, 0.15) is 5.75 Å². The Balaban J connectivity index is 0.00000242. The highest BCUT2D eigenvalue weighted by Gasteiger charge is 2.14. The van der Waals surface area contributed by atoms with E-state index in [4.69, 9.17) is 9.84 Å². The van der Waals surface area contributed by atoms with E-state index in [9.17, 15) is 4.79 Å². The first-order valence-electron chi connectivity index (χ1n) is 7.42. The molecule has 0 atom stereocenters. The van der Waals surface area contributed by atoms with Crippen LogP contribution in [-0.2, 0) is 13.1 Å². The van der Waals surface area contributed by atoms with Gasteiger partial charge in [-0.25, -0.2) is 4.79 Å². The lowest BCUT2D eigenvalue weighted by atomic mass is 10.1. The van der Waals surface area contributed by atoms with Gasteiger partial charge in [0.15, 0.2) is 0 Å². The number of carboxylic acid groups (broad SMARTS) is 1. The van der Waals surface area contributed by atoms with Crippen LogP contribution in [0.1, 0.15) is 30.4 Å². The van der Waals surface area contributed by atoms with E-state index < -0.39 is 6.09 Å². The number of likely N-dealkylation sites (tertiary alicyclic amines) is 1. The topological polar surface area (TPSA) is 53.0 Å². The second-order valence-corrected chi connectivity index (χ2v) is 5.62. The van der Waals surface area contributed by atoms with Crippen LogP contribution in [0.4, 0.5) is 4.79 Å². The zero-order valence-corrected chi connectivity index (χ0v) is 15.0. The molecule has 6 heteroatoms. The molecule has 1 aromatic carbocycles. The predicted molar refractivity (Wildman–Crippen MR) is 91.9 cm³/mol. The number of hydrogen-bond acceptors (Lipinski definition) is 3. The lowest BCUT2D eigenvalue weighted by Crippen LogP contribution is -2.29. The van der Waals surface area contributed by atoms with Crippen LogP contribution in [0.25, 0.3) is 0 Å². The van der Waals surface area contributed by atoms with Gasteiger partial charge >= 0.3 is 6.09 Å². The van der Waals surface area contributed by atoms with E-state index in [1.165, 1.54) is 29.7 Å². The molecule has 1 aliphatic rings. The number of piperidine rings is 1. The summed E-state index contributed by atoms with van der Waals surface area (Å²) in [6, 6.07) is 6.07. The van der Waals surface area contributed by atoms with Crippen LogP contribution in [0.5, 0.6) is 5.75 Å². The molecule has 0 saturated carbocycles. The van der Waals surface area contributed by atoms with Gasteiger partial charge in [-0.15, -0.1) is 17.0 Å². The van der Waals surface area contributed by atoms with Gasteiger partial charge in [-0.05, 0) is 37.6 Å². The van der Waals surface area contributed by atoms with Crippen molar-refractivity contribution in [2.45, 2.75) is 32.4 Å². The smallest absolute Gasteiger partial charge is 0.407 e. The maximum absolute atomic E-state index is 10.9.